The summed E-state index contributed by atoms with van der Waals surface area (Å²) in [5.74, 6) is 0.0508. The lowest BCUT2D eigenvalue weighted by molar-refractivity contribution is -0.196. The molecule has 2 saturated heterocycles. The number of likely N-dealkylation sites (tertiary alicyclic amines) is 1. The van der Waals surface area contributed by atoms with Crippen molar-refractivity contribution >= 4 is 29.1 Å². The summed E-state index contributed by atoms with van der Waals surface area (Å²) in [6.45, 7) is 4.34. The molecule has 0 radical (unpaired) electrons. The lowest BCUT2D eigenvalue weighted by Gasteiger charge is -2.45. The molecule has 154 valence electrons. The summed E-state index contributed by atoms with van der Waals surface area (Å²) in [4.78, 5) is 15.0. The monoisotopic (exact) mass is 426 g/mol. The van der Waals surface area contributed by atoms with Gasteiger partial charge in [-0.05, 0) is 56.0 Å². The Labute approximate surface area is 176 Å². The van der Waals surface area contributed by atoms with E-state index in [0.717, 1.165) is 37.9 Å². The number of rotatable bonds is 5. The van der Waals surface area contributed by atoms with Crippen LogP contribution in [0.1, 0.15) is 37.7 Å². The Morgan fingerprint density at radius 2 is 1.93 bits per heavy atom. The first-order valence-corrected chi connectivity index (χ1v) is 11.0. The number of benzene rings is 1. The minimum absolute atomic E-state index is 0.0206. The molecule has 3 fully saturated rings. The van der Waals surface area contributed by atoms with Crippen LogP contribution in [0.15, 0.2) is 18.2 Å². The fourth-order valence-electron chi connectivity index (χ4n) is 4.83. The zero-order valence-electron chi connectivity index (χ0n) is 16.1. The molecular weight excluding hydrogens is 399 g/mol. The van der Waals surface area contributed by atoms with Gasteiger partial charge in [0.05, 0.1) is 29.7 Å². The van der Waals surface area contributed by atoms with Crippen molar-refractivity contribution < 1.29 is 14.3 Å². The fraction of sp³-hybridized carbons (Fsp3) is 0.667. The molecule has 7 heteroatoms. The van der Waals surface area contributed by atoms with Gasteiger partial charge in [-0.15, -0.1) is 0 Å². The average Bonchev–Trinajstić information content (AvgIpc) is 3.36. The summed E-state index contributed by atoms with van der Waals surface area (Å²) < 4.78 is 12.0. The second-order valence-electron chi connectivity index (χ2n) is 8.15. The topological polar surface area (TPSA) is 50.8 Å². The maximum Gasteiger partial charge on any atom is 0.224 e. The maximum absolute atomic E-state index is 12.5. The van der Waals surface area contributed by atoms with Crippen LogP contribution in [0.3, 0.4) is 0 Å². The molecule has 1 N–H and O–H groups in total. The molecule has 2 heterocycles. The van der Waals surface area contributed by atoms with Crippen LogP contribution in [0.2, 0.25) is 10.0 Å². The van der Waals surface area contributed by atoms with Gasteiger partial charge in [0.25, 0.3) is 0 Å². The van der Waals surface area contributed by atoms with E-state index in [1.165, 1.54) is 12.8 Å². The Bertz CT molecular complexity index is 703. The molecule has 1 aromatic rings. The minimum atomic E-state index is -0.395. The van der Waals surface area contributed by atoms with Crippen LogP contribution in [0.25, 0.3) is 0 Å². The number of ether oxygens (including phenoxy) is 2. The Balaban J connectivity index is 1.35. The predicted molar refractivity (Wildman–Crippen MR) is 110 cm³/mol. The van der Waals surface area contributed by atoms with Gasteiger partial charge < -0.3 is 14.8 Å². The van der Waals surface area contributed by atoms with Crippen LogP contribution in [0.4, 0.5) is 0 Å². The van der Waals surface area contributed by atoms with Gasteiger partial charge in [0, 0.05) is 25.4 Å². The largest absolute Gasteiger partial charge is 0.355 e. The zero-order valence-corrected chi connectivity index (χ0v) is 17.6. The van der Waals surface area contributed by atoms with E-state index in [1.54, 1.807) is 12.1 Å². The first kappa shape index (κ1) is 20.4. The second kappa shape index (κ2) is 8.88. The van der Waals surface area contributed by atoms with Crippen molar-refractivity contribution in [3.8, 4) is 0 Å². The molecule has 2 aliphatic heterocycles. The first-order valence-electron chi connectivity index (χ1n) is 10.3. The van der Waals surface area contributed by atoms with Crippen molar-refractivity contribution in [1.29, 1.82) is 0 Å². The van der Waals surface area contributed by atoms with Gasteiger partial charge in [0.2, 0.25) is 5.91 Å². The van der Waals surface area contributed by atoms with Crippen molar-refractivity contribution in [2.75, 3.05) is 32.8 Å². The third-order valence-corrected chi connectivity index (χ3v) is 7.03. The number of nitrogens with one attached hydrogen (secondary N) is 1. The number of carbonyl (C=O) groups excluding carboxylic acids is 1. The molecule has 1 aliphatic carbocycles. The van der Waals surface area contributed by atoms with Crippen LogP contribution in [-0.4, -0.2) is 55.5 Å². The quantitative estimate of drug-likeness (QED) is 0.780. The van der Waals surface area contributed by atoms with Crippen molar-refractivity contribution in [3.63, 3.8) is 0 Å². The van der Waals surface area contributed by atoms with Crippen LogP contribution >= 0.6 is 23.2 Å². The molecule has 3 aliphatic rings. The summed E-state index contributed by atoms with van der Waals surface area (Å²) in [5.41, 5.74) is 0.873. The van der Waals surface area contributed by atoms with Crippen molar-refractivity contribution in [2.24, 2.45) is 5.92 Å². The predicted octanol–water partition coefficient (Wildman–Crippen LogP) is 3.66. The molecule has 28 heavy (non-hydrogen) atoms. The molecule has 1 aromatic carbocycles. The van der Waals surface area contributed by atoms with E-state index >= 15 is 0 Å². The third-order valence-electron chi connectivity index (χ3n) is 6.29. The van der Waals surface area contributed by atoms with E-state index in [9.17, 15) is 4.79 Å². The number of hydrogen-bond acceptors (Lipinski definition) is 4. The molecule has 1 saturated carbocycles. The van der Waals surface area contributed by atoms with Crippen molar-refractivity contribution in [1.82, 2.24) is 10.2 Å². The molecule has 2 unspecified atom stereocenters. The normalized spacial score (nSPS) is 27.4. The molecular formula is C21H28Cl2N2O3. The lowest BCUT2D eigenvalue weighted by Crippen LogP contribution is -2.52. The van der Waals surface area contributed by atoms with Crippen molar-refractivity contribution in [3.05, 3.63) is 33.8 Å². The highest BCUT2D eigenvalue weighted by molar-refractivity contribution is 6.42. The molecule has 0 aromatic heterocycles. The van der Waals surface area contributed by atoms with Gasteiger partial charge >= 0.3 is 0 Å². The van der Waals surface area contributed by atoms with E-state index in [0.29, 0.717) is 48.2 Å². The highest BCUT2D eigenvalue weighted by Crippen LogP contribution is 2.41. The Kier molecular flexibility index (Phi) is 6.48. The summed E-state index contributed by atoms with van der Waals surface area (Å²) >= 11 is 12.0. The van der Waals surface area contributed by atoms with Gasteiger partial charge in [-0.2, -0.15) is 0 Å². The Morgan fingerprint density at radius 3 is 2.64 bits per heavy atom. The van der Waals surface area contributed by atoms with Crippen LogP contribution in [-0.2, 0) is 20.7 Å². The lowest BCUT2D eigenvalue weighted by atomic mass is 9.79. The van der Waals surface area contributed by atoms with Gasteiger partial charge in [-0.25, -0.2) is 0 Å². The molecule has 0 bridgehead atoms. The first-order chi connectivity index (χ1) is 13.5. The highest BCUT2D eigenvalue weighted by atomic mass is 35.5. The number of hydrogen-bond donors (Lipinski definition) is 1. The fourth-order valence-corrected chi connectivity index (χ4v) is 5.15. The van der Waals surface area contributed by atoms with Gasteiger partial charge in [-0.3, -0.25) is 9.69 Å². The van der Waals surface area contributed by atoms with Gasteiger partial charge in [0.15, 0.2) is 5.79 Å². The summed E-state index contributed by atoms with van der Waals surface area (Å²) in [6, 6.07) is 5.74. The van der Waals surface area contributed by atoms with E-state index in [4.69, 9.17) is 32.7 Å². The standard InChI is InChI=1S/C21H28Cl2N2O3/c22-17-4-3-15(11-18(17)23)12-20(26)24-14-16-5-6-21(27-9-10-28-21)13-19(16)25-7-1-2-8-25/h3-4,11,16,19H,1-2,5-10,12-14H2,(H,24,26). The van der Waals surface area contributed by atoms with Crippen LogP contribution < -0.4 is 5.32 Å². The molecule has 1 amide bonds. The summed E-state index contributed by atoms with van der Waals surface area (Å²) in [7, 11) is 0. The molecule has 5 nitrogen and oxygen atoms in total. The van der Waals surface area contributed by atoms with Crippen LogP contribution in [0, 0.1) is 5.92 Å². The van der Waals surface area contributed by atoms with Crippen molar-refractivity contribution in [2.45, 2.75) is 50.4 Å². The van der Waals surface area contributed by atoms with E-state index in [2.05, 4.69) is 10.2 Å². The van der Waals surface area contributed by atoms with Crippen LogP contribution in [0.5, 0.6) is 0 Å². The van der Waals surface area contributed by atoms with Gasteiger partial charge in [0.1, 0.15) is 0 Å². The molecule has 1 spiro atoms. The Morgan fingerprint density at radius 1 is 1.18 bits per heavy atom. The number of amides is 1. The summed E-state index contributed by atoms with van der Waals surface area (Å²) in [5, 5.41) is 4.13. The molecule has 4 rings (SSSR count). The Hall–Kier alpha value is -0.850. The van der Waals surface area contributed by atoms with E-state index in [1.807, 2.05) is 6.07 Å². The SMILES string of the molecule is O=C(Cc1ccc(Cl)c(Cl)c1)NCC1CCC2(CC1N1CCCC1)OCCO2. The zero-order chi connectivity index (χ0) is 19.6. The number of halogens is 2. The number of nitrogens with zero attached hydrogens (tertiary/aromatic N) is 1. The smallest absolute Gasteiger partial charge is 0.224 e. The van der Waals surface area contributed by atoms with E-state index < -0.39 is 5.79 Å². The second-order valence-corrected chi connectivity index (χ2v) is 8.96. The van der Waals surface area contributed by atoms with Gasteiger partial charge in [-0.1, -0.05) is 29.3 Å². The summed E-state index contributed by atoms with van der Waals surface area (Å²) in [6.07, 6.45) is 5.64. The molecule has 2 atom stereocenters. The maximum atomic E-state index is 12.5. The number of carbonyl (C=O) groups is 1. The minimum Gasteiger partial charge on any atom is -0.355 e. The average molecular weight is 427 g/mol. The highest BCUT2D eigenvalue weighted by Gasteiger charge is 2.47. The third kappa shape index (κ3) is 4.65. The van der Waals surface area contributed by atoms with E-state index in [-0.39, 0.29) is 5.91 Å².